The van der Waals surface area contributed by atoms with Crippen molar-refractivity contribution in [1.82, 2.24) is 15.0 Å². The average molecular weight is 324 g/mol. The number of anilines is 1. The number of aromatic nitrogens is 2. The summed E-state index contributed by atoms with van der Waals surface area (Å²) in [5.41, 5.74) is 3.89. The van der Waals surface area contributed by atoms with Crippen LogP contribution in [0.15, 0.2) is 34.9 Å². The maximum atomic E-state index is 12.0. The Morgan fingerprint density at radius 2 is 2.29 bits per heavy atom. The molecule has 3 aromatic rings. The Hall–Kier alpha value is -2.60. The molecule has 24 heavy (non-hydrogen) atoms. The number of H-pyrrole nitrogens is 1. The highest BCUT2D eigenvalue weighted by Crippen LogP contribution is 2.27. The van der Waals surface area contributed by atoms with E-state index in [9.17, 15) is 4.79 Å². The Bertz CT molecular complexity index is 880. The molecule has 0 radical (unpaired) electrons. The minimum atomic E-state index is -0.0342. The van der Waals surface area contributed by atoms with Gasteiger partial charge in [-0.1, -0.05) is 23.4 Å². The monoisotopic (exact) mass is 324 g/mol. The lowest BCUT2D eigenvalue weighted by Gasteiger charge is -2.26. The van der Waals surface area contributed by atoms with Gasteiger partial charge in [0.2, 0.25) is 5.91 Å². The zero-order chi connectivity index (χ0) is 16.5. The van der Waals surface area contributed by atoms with Gasteiger partial charge in [-0.05, 0) is 18.6 Å². The van der Waals surface area contributed by atoms with Crippen molar-refractivity contribution >= 4 is 22.6 Å². The van der Waals surface area contributed by atoms with Gasteiger partial charge in [-0.15, -0.1) is 0 Å². The first-order chi connectivity index (χ1) is 11.7. The van der Waals surface area contributed by atoms with E-state index in [1.807, 2.05) is 0 Å². The van der Waals surface area contributed by atoms with Gasteiger partial charge in [-0.25, -0.2) is 0 Å². The van der Waals surface area contributed by atoms with Gasteiger partial charge < -0.3 is 14.8 Å². The van der Waals surface area contributed by atoms with E-state index >= 15 is 0 Å². The van der Waals surface area contributed by atoms with E-state index in [2.05, 4.69) is 44.6 Å². The summed E-state index contributed by atoms with van der Waals surface area (Å²) in [5.74, 6) is 1.14. The van der Waals surface area contributed by atoms with Crippen LogP contribution in [0.5, 0.6) is 0 Å². The molecule has 4 rings (SSSR count). The largest absolute Gasteiger partial charge is 0.360 e. The van der Waals surface area contributed by atoms with Gasteiger partial charge in [-0.2, -0.15) is 0 Å². The average Bonchev–Trinajstić information content (AvgIpc) is 3.16. The maximum absolute atomic E-state index is 12.0. The lowest BCUT2D eigenvalue weighted by atomic mass is 10.0. The third-order valence-corrected chi connectivity index (χ3v) is 4.51. The van der Waals surface area contributed by atoms with E-state index in [0.717, 1.165) is 26.1 Å². The molecule has 0 atom stereocenters. The van der Waals surface area contributed by atoms with Crippen LogP contribution >= 0.6 is 0 Å². The normalized spacial score (nSPS) is 14.7. The number of aromatic amines is 1. The Morgan fingerprint density at radius 1 is 1.42 bits per heavy atom. The van der Waals surface area contributed by atoms with Crippen LogP contribution in [0.4, 0.5) is 5.82 Å². The van der Waals surface area contributed by atoms with E-state index in [1.54, 1.807) is 13.0 Å². The summed E-state index contributed by atoms with van der Waals surface area (Å²) in [6.07, 6.45) is 1.44. The van der Waals surface area contributed by atoms with Crippen molar-refractivity contribution in [2.24, 2.45) is 0 Å². The fourth-order valence-electron chi connectivity index (χ4n) is 3.30. The minimum Gasteiger partial charge on any atom is -0.360 e. The number of hydrogen-bond donors (Lipinski definition) is 2. The van der Waals surface area contributed by atoms with Crippen LogP contribution in [0, 0.1) is 6.92 Å². The van der Waals surface area contributed by atoms with Crippen LogP contribution in [0.2, 0.25) is 0 Å². The summed E-state index contributed by atoms with van der Waals surface area (Å²) in [5, 5.41) is 7.84. The number of nitrogens with zero attached hydrogens (tertiary/aromatic N) is 2. The molecule has 1 aliphatic rings. The SMILES string of the molecule is Cc1cc(NC(=O)CCN2CCc3[nH]c4ccccc4c3C2)no1. The number of aryl methyl sites for hydroxylation is 1. The van der Waals surface area contributed by atoms with Gasteiger partial charge in [0.1, 0.15) is 5.76 Å². The third kappa shape index (κ3) is 2.92. The van der Waals surface area contributed by atoms with Crippen molar-refractivity contribution in [2.45, 2.75) is 26.3 Å². The second kappa shape index (κ2) is 6.13. The predicted molar refractivity (Wildman–Crippen MR) is 91.8 cm³/mol. The number of carbonyl (C=O) groups excluding carboxylic acids is 1. The van der Waals surface area contributed by atoms with Crippen LogP contribution in [-0.2, 0) is 17.8 Å². The molecule has 0 spiro atoms. The standard InChI is InChI=1S/C18H20N4O2/c1-12-10-17(21-24-12)20-18(23)7-9-22-8-6-16-14(11-22)13-4-2-3-5-15(13)19-16/h2-5,10,19H,6-9,11H2,1H3,(H,20,21,23). The van der Waals surface area contributed by atoms with Crippen molar-refractivity contribution in [1.29, 1.82) is 0 Å². The molecule has 0 aliphatic carbocycles. The molecule has 3 heterocycles. The van der Waals surface area contributed by atoms with Gasteiger partial charge in [-0.3, -0.25) is 9.69 Å². The fourth-order valence-corrected chi connectivity index (χ4v) is 3.30. The molecule has 0 fully saturated rings. The summed E-state index contributed by atoms with van der Waals surface area (Å²) in [6.45, 7) is 4.39. The number of amides is 1. The second-order valence-electron chi connectivity index (χ2n) is 6.27. The number of carbonyl (C=O) groups is 1. The number of nitrogens with one attached hydrogen (secondary N) is 2. The lowest BCUT2D eigenvalue weighted by Crippen LogP contribution is -2.33. The van der Waals surface area contributed by atoms with Crippen LogP contribution in [0.25, 0.3) is 10.9 Å². The van der Waals surface area contributed by atoms with Crippen LogP contribution in [-0.4, -0.2) is 34.0 Å². The quantitative estimate of drug-likeness (QED) is 0.774. The zero-order valence-corrected chi connectivity index (χ0v) is 13.6. The number of para-hydroxylation sites is 1. The molecule has 1 amide bonds. The highest BCUT2D eigenvalue weighted by atomic mass is 16.5. The number of rotatable bonds is 4. The van der Waals surface area contributed by atoms with E-state index < -0.39 is 0 Å². The third-order valence-electron chi connectivity index (χ3n) is 4.51. The number of benzene rings is 1. The molecule has 0 bridgehead atoms. The molecule has 124 valence electrons. The summed E-state index contributed by atoms with van der Waals surface area (Å²) in [6, 6.07) is 10.1. The molecule has 6 nitrogen and oxygen atoms in total. The molecule has 6 heteroatoms. The molecule has 0 saturated carbocycles. The summed E-state index contributed by atoms with van der Waals surface area (Å²) in [7, 11) is 0. The van der Waals surface area contributed by atoms with Crippen LogP contribution in [0.1, 0.15) is 23.4 Å². The highest BCUT2D eigenvalue weighted by Gasteiger charge is 2.20. The Kier molecular flexibility index (Phi) is 3.82. The van der Waals surface area contributed by atoms with Crippen molar-refractivity contribution in [3.05, 3.63) is 47.3 Å². The molecule has 0 saturated heterocycles. The molecule has 0 unspecified atom stereocenters. The molecule has 1 aromatic carbocycles. The Morgan fingerprint density at radius 3 is 3.12 bits per heavy atom. The molecule has 2 N–H and O–H groups in total. The Labute approximate surface area is 139 Å². The van der Waals surface area contributed by atoms with Gasteiger partial charge in [0, 0.05) is 55.1 Å². The first kappa shape index (κ1) is 15.0. The smallest absolute Gasteiger partial charge is 0.226 e. The second-order valence-corrected chi connectivity index (χ2v) is 6.27. The van der Waals surface area contributed by atoms with Crippen molar-refractivity contribution < 1.29 is 9.32 Å². The first-order valence-electron chi connectivity index (χ1n) is 8.23. The lowest BCUT2D eigenvalue weighted by molar-refractivity contribution is -0.116. The van der Waals surface area contributed by atoms with E-state index in [4.69, 9.17) is 4.52 Å². The van der Waals surface area contributed by atoms with E-state index in [-0.39, 0.29) is 5.91 Å². The molecule has 1 aliphatic heterocycles. The van der Waals surface area contributed by atoms with Crippen molar-refractivity contribution in [2.75, 3.05) is 18.4 Å². The van der Waals surface area contributed by atoms with Gasteiger partial charge in [0.25, 0.3) is 0 Å². The summed E-state index contributed by atoms with van der Waals surface area (Å²) in [4.78, 5) is 17.9. The van der Waals surface area contributed by atoms with Gasteiger partial charge in [0.05, 0.1) is 0 Å². The summed E-state index contributed by atoms with van der Waals surface area (Å²) >= 11 is 0. The van der Waals surface area contributed by atoms with Crippen LogP contribution < -0.4 is 5.32 Å². The summed E-state index contributed by atoms with van der Waals surface area (Å²) < 4.78 is 4.95. The van der Waals surface area contributed by atoms with Crippen molar-refractivity contribution in [3.63, 3.8) is 0 Å². The van der Waals surface area contributed by atoms with Gasteiger partial charge in [0.15, 0.2) is 5.82 Å². The first-order valence-corrected chi connectivity index (χ1v) is 8.23. The highest BCUT2D eigenvalue weighted by molar-refractivity contribution is 5.89. The minimum absolute atomic E-state index is 0.0342. The van der Waals surface area contributed by atoms with Gasteiger partial charge >= 0.3 is 0 Å². The fraction of sp³-hybridized carbons (Fsp3) is 0.333. The molecular formula is C18H20N4O2. The van der Waals surface area contributed by atoms with E-state index in [0.29, 0.717) is 18.0 Å². The zero-order valence-electron chi connectivity index (χ0n) is 13.6. The topological polar surface area (TPSA) is 74.2 Å². The number of hydrogen-bond acceptors (Lipinski definition) is 4. The maximum Gasteiger partial charge on any atom is 0.226 e. The van der Waals surface area contributed by atoms with E-state index in [1.165, 1.54) is 22.2 Å². The molecule has 2 aromatic heterocycles. The van der Waals surface area contributed by atoms with Crippen LogP contribution in [0.3, 0.4) is 0 Å². The van der Waals surface area contributed by atoms with Crippen molar-refractivity contribution in [3.8, 4) is 0 Å². The number of fused-ring (bicyclic) bond motifs is 3. The molecular weight excluding hydrogens is 304 g/mol. The predicted octanol–water partition coefficient (Wildman–Crippen LogP) is 2.85. The Balaban J connectivity index is 1.37.